The maximum Gasteiger partial charge on any atom is 0.333 e. The molecule has 1 aliphatic rings. The van der Waals surface area contributed by atoms with Crippen LogP contribution in [0.2, 0.25) is 0 Å². The number of nitrogens with zero attached hydrogens (tertiary/aromatic N) is 3. The van der Waals surface area contributed by atoms with Crippen LogP contribution in [0.5, 0.6) is 0 Å². The number of hydrogen-bond acceptors (Lipinski definition) is 9. The SMILES string of the molecule is C=C(C)C(=O)OCCCN(CCCOC(=O)C(=C)C)c1ccc(/C=C2\CS(=O)(=O)c3ccccc3C2=C(C#N)C#N)c(C)c1. The Kier molecular flexibility index (Phi) is 11.4. The van der Waals surface area contributed by atoms with E-state index in [9.17, 15) is 28.5 Å². The van der Waals surface area contributed by atoms with Gasteiger partial charge in [-0.1, -0.05) is 37.4 Å². The lowest BCUT2D eigenvalue weighted by Crippen LogP contribution is -2.28. The summed E-state index contributed by atoms with van der Waals surface area (Å²) < 4.78 is 36.8. The Labute approximate surface area is 258 Å². The van der Waals surface area contributed by atoms with Crippen molar-refractivity contribution in [1.29, 1.82) is 10.5 Å². The smallest absolute Gasteiger partial charge is 0.333 e. The molecule has 0 fully saturated rings. The quantitative estimate of drug-likeness (QED) is 0.132. The molecule has 0 spiro atoms. The molecule has 0 aromatic heterocycles. The molecule has 0 saturated heterocycles. The Morgan fingerprint density at radius 3 is 2.05 bits per heavy atom. The van der Waals surface area contributed by atoms with E-state index in [0.717, 1.165) is 16.8 Å². The topological polar surface area (TPSA) is 138 Å². The van der Waals surface area contributed by atoms with Gasteiger partial charge < -0.3 is 14.4 Å². The van der Waals surface area contributed by atoms with Crippen LogP contribution in [0, 0.1) is 29.6 Å². The van der Waals surface area contributed by atoms with Crippen molar-refractivity contribution in [3.63, 3.8) is 0 Å². The van der Waals surface area contributed by atoms with E-state index >= 15 is 0 Å². The number of esters is 2. The molecule has 9 nitrogen and oxygen atoms in total. The average molecular weight is 614 g/mol. The third-order valence-corrected chi connectivity index (χ3v) is 8.61. The zero-order valence-electron chi connectivity index (χ0n) is 25.2. The summed E-state index contributed by atoms with van der Waals surface area (Å²) in [6.45, 7) is 13.8. The van der Waals surface area contributed by atoms with Crippen LogP contribution in [-0.4, -0.2) is 52.4 Å². The average Bonchev–Trinajstić information content (AvgIpc) is 2.98. The van der Waals surface area contributed by atoms with E-state index in [2.05, 4.69) is 18.1 Å². The van der Waals surface area contributed by atoms with Gasteiger partial charge >= 0.3 is 11.9 Å². The van der Waals surface area contributed by atoms with Gasteiger partial charge in [-0.3, -0.25) is 0 Å². The summed E-state index contributed by atoms with van der Waals surface area (Å²) >= 11 is 0. The zero-order valence-corrected chi connectivity index (χ0v) is 26.0. The fourth-order valence-corrected chi connectivity index (χ4v) is 6.26. The highest BCUT2D eigenvalue weighted by Crippen LogP contribution is 2.39. The molecule has 0 bridgehead atoms. The van der Waals surface area contributed by atoms with Crippen molar-refractivity contribution in [2.75, 3.05) is 37.0 Å². The van der Waals surface area contributed by atoms with Crippen molar-refractivity contribution < 1.29 is 27.5 Å². The number of ether oxygens (including phenoxy) is 2. The van der Waals surface area contributed by atoms with Crippen molar-refractivity contribution in [1.82, 2.24) is 0 Å². The summed E-state index contributed by atoms with van der Waals surface area (Å²) in [6, 6.07) is 15.9. The number of carbonyl (C=O) groups is 2. The molecule has 228 valence electrons. The molecule has 3 rings (SSSR count). The summed E-state index contributed by atoms with van der Waals surface area (Å²) in [5.41, 5.74) is 3.96. The lowest BCUT2D eigenvalue weighted by molar-refractivity contribution is -0.139. The fourth-order valence-electron chi connectivity index (χ4n) is 4.68. The number of nitriles is 2. The Morgan fingerprint density at radius 1 is 0.955 bits per heavy atom. The second-order valence-electron chi connectivity index (χ2n) is 10.5. The zero-order chi connectivity index (χ0) is 32.4. The van der Waals surface area contributed by atoms with Crippen molar-refractivity contribution >= 4 is 39.1 Å². The number of fused-ring (bicyclic) bond motifs is 1. The van der Waals surface area contributed by atoms with Crippen LogP contribution in [0.3, 0.4) is 0 Å². The standard InChI is InChI=1S/C34H35N3O6S/c1-23(2)33(38)42-16-8-14-37(15-9-17-43-34(39)24(3)4)29-13-12-26(25(5)18-29)19-27-22-44(40,41)31-11-7-6-10-30(31)32(27)28(20-35)21-36/h6-7,10-13,18-19H,1,3,8-9,14-17,22H2,2,4-5H3/b27-19+. The van der Waals surface area contributed by atoms with Crippen LogP contribution in [0.4, 0.5) is 5.69 Å². The molecule has 0 atom stereocenters. The summed E-state index contributed by atoms with van der Waals surface area (Å²) in [5, 5.41) is 19.4. The maximum atomic E-state index is 13.1. The first-order chi connectivity index (χ1) is 20.9. The number of hydrogen-bond donors (Lipinski definition) is 0. The highest BCUT2D eigenvalue weighted by molar-refractivity contribution is 7.91. The minimum absolute atomic E-state index is 0.0979. The first kappa shape index (κ1) is 33.6. The third kappa shape index (κ3) is 8.33. The van der Waals surface area contributed by atoms with E-state index in [1.165, 1.54) is 6.07 Å². The fraction of sp³-hybridized carbons (Fsp3) is 0.294. The van der Waals surface area contributed by atoms with E-state index in [-0.39, 0.29) is 29.4 Å². The number of allylic oxidation sites excluding steroid dienone is 2. The van der Waals surface area contributed by atoms with E-state index in [0.29, 0.717) is 53.8 Å². The first-order valence-corrected chi connectivity index (χ1v) is 15.6. The largest absolute Gasteiger partial charge is 0.462 e. The van der Waals surface area contributed by atoms with Gasteiger partial charge in [-0.05, 0) is 74.6 Å². The van der Waals surface area contributed by atoms with E-state index in [1.54, 1.807) is 38.1 Å². The molecule has 2 aromatic rings. The lowest BCUT2D eigenvalue weighted by atomic mass is 9.92. The van der Waals surface area contributed by atoms with Gasteiger partial charge in [0, 0.05) is 41.1 Å². The van der Waals surface area contributed by atoms with Gasteiger partial charge in [0.1, 0.15) is 17.7 Å². The van der Waals surface area contributed by atoms with Crippen LogP contribution < -0.4 is 4.90 Å². The first-order valence-electron chi connectivity index (χ1n) is 14.0. The van der Waals surface area contributed by atoms with Crippen molar-refractivity contribution in [3.8, 4) is 12.1 Å². The van der Waals surface area contributed by atoms with Gasteiger partial charge in [-0.25, -0.2) is 18.0 Å². The number of benzene rings is 2. The van der Waals surface area contributed by atoms with Crippen LogP contribution in [-0.2, 0) is 28.9 Å². The molecule has 10 heteroatoms. The Morgan fingerprint density at radius 2 is 1.52 bits per heavy atom. The van der Waals surface area contributed by atoms with Gasteiger partial charge in [-0.15, -0.1) is 0 Å². The Balaban J connectivity index is 1.92. The lowest BCUT2D eigenvalue weighted by Gasteiger charge is -2.26. The van der Waals surface area contributed by atoms with Crippen LogP contribution in [0.1, 0.15) is 43.4 Å². The van der Waals surface area contributed by atoms with E-state index < -0.39 is 21.8 Å². The summed E-state index contributed by atoms with van der Waals surface area (Å²) in [6.07, 6.45) is 2.81. The molecule has 0 aliphatic carbocycles. The molecule has 1 aliphatic heterocycles. The minimum Gasteiger partial charge on any atom is -0.462 e. The highest BCUT2D eigenvalue weighted by atomic mass is 32.2. The molecule has 1 heterocycles. The predicted molar refractivity (Wildman–Crippen MR) is 169 cm³/mol. The summed E-state index contributed by atoms with van der Waals surface area (Å²) in [7, 11) is -3.69. The van der Waals surface area contributed by atoms with Gasteiger partial charge in [0.15, 0.2) is 9.84 Å². The van der Waals surface area contributed by atoms with Gasteiger partial charge in [0.05, 0.1) is 23.9 Å². The second kappa shape index (κ2) is 15.0. The molecule has 2 aromatic carbocycles. The van der Waals surface area contributed by atoms with Crippen LogP contribution >= 0.6 is 0 Å². The predicted octanol–water partition coefficient (Wildman–Crippen LogP) is 5.49. The van der Waals surface area contributed by atoms with Gasteiger partial charge in [0.25, 0.3) is 0 Å². The van der Waals surface area contributed by atoms with E-state index in [1.807, 2.05) is 37.3 Å². The van der Waals surface area contributed by atoms with Crippen molar-refractivity contribution in [2.24, 2.45) is 0 Å². The molecule has 44 heavy (non-hydrogen) atoms. The molecule has 0 radical (unpaired) electrons. The van der Waals surface area contributed by atoms with Crippen molar-refractivity contribution in [2.45, 2.75) is 38.5 Å². The summed E-state index contributed by atoms with van der Waals surface area (Å²) in [5.74, 6) is -1.24. The van der Waals surface area contributed by atoms with Gasteiger partial charge in [0.2, 0.25) is 0 Å². The van der Waals surface area contributed by atoms with Gasteiger partial charge in [-0.2, -0.15) is 10.5 Å². The maximum absolute atomic E-state index is 13.1. The molecular weight excluding hydrogens is 578 g/mol. The number of aryl methyl sites for hydroxylation is 1. The van der Waals surface area contributed by atoms with Crippen LogP contribution in [0.25, 0.3) is 11.6 Å². The number of anilines is 1. The summed E-state index contributed by atoms with van der Waals surface area (Å²) in [4.78, 5) is 25.7. The monoisotopic (exact) mass is 613 g/mol. The molecule has 0 amide bonds. The normalized spacial score (nSPS) is 14.0. The third-order valence-electron chi connectivity index (χ3n) is 6.89. The Hall–Kier alpha value is -4.93. The van der Waals surface area contributed by atoms with Crippen LogP contribution in [0.15, 0.2) is 82.8 Å². The Bertz CT molecular complexity index is 1690. The molecule has 0 saturated carbocycles. The highest BCUT2D eigenvalue weighted by Gasteiger charge is 2.32. The second-order valence-corrected chi connectivity index (χ2v) is 12.4. The number of sulfone groups is 1. The molecular formula is C34H35N3O6S. The number of rotatable bonds is 12. The number of carbonyl (C=O) groups excluding carboxylic acids is 2. The molecule has 0 N–H and O–H groups in total. The molecule has 0 unspecified atom stereocenters. The van der Waals surface area contributed by atoms with Crippen molar-refractivity contribution in [3.05, 3.63) is 94.6 Å². The minimum atomic E-state index is -3.69. The van der Waals surface area contributed by atoms with E-state index in [4.69, 9.17) is 9.47 Å².